The van der Waals surface area contributed by atoms with E-state index in [0.717, 1.165) is 19.1 Å². The quantitative estimate of drug-likeness (QED) is 0.345. The van der Waals surface area contributed by atoms with E-state index >= 15 is 0 Å². The topological polar surface area (TPSA) is 43.4 Å². The maximum atomic E-state index is 11.3. The van der Waals surface area contributed by atoms with Crippen LogP contribution in [0.15, 0.2) is 0 Å². The second-order valence-electron chi connectivity index (χ2n) is 5.61. The number of hydrogen-bond donors (Lipinski definition) is 0. The Labute approximate surface area is 125 Å². The maximum absolute atomic E-state index is 11.3. The van der Waals surface area contributed by atoms with Crippen LogP contribution in [0.2, 0.25) is 0 Å². The van der Waals surface area contributed by atoms with Crippen LogP contribution in [0.4, 0.5) is 0 Å². The van der Waals surface area contributed by atoms with Crippen molar-refractivity contribution in [1.82, 2.24) is 0 Å². The summed E-state index contributed by atoms with van der Waals surface area (Å²) in [5.74, 6) is 0.687. The van der Waals surface area contributed by atoms with Crippen LogP contribution in [0.5, 0.6) is 0 Å². The summed E-state index contributed by atoms with van der Waals surface area (Å²) in [5.41, 5.74) is 0. The van der Waals surface area contributed by atoms with Crippen LogP contribution in [-0.4, -0.2) is 23.7 Å². The predicted molar refractivity (Wildman–Crippen MR) is 81.4 cm³/mol. The molecule has 0 N–H and O–H groups in total. The first kappa shape index (κ1) is 18.6. The molecule has 0 aliphatic rings. The lowest BCUT2D eigenvalue weighted by Crippen LogP contribution is -2.21. The Balaban J connectivity index is 4.04. The molecule has 0 aliphatic heterocycles. The van der Waals surface area contributed by atoms with Crippen molar-refractivity contribution in [1.29, 1.82) is 0 Å². The number of ether oxygens (including phenoxy) is 1. The standard InChI is InChI=1S/C15H27BrO3/c1-5-6-11(2)7-12(3)8-14(9-17)10-19-15(18)13(4)16/h9,11-14H,5-8,10H2,1-4H3/t11-,12-,13?,14?/m0/s1. The molecule has 19 heavy (non-hydrogen) atoms. The van der Waals surface area contributed by atoms with E-state index in [9.17, 15) is 9.59 Å². The van der Waals surface area contributed by atoms with Gasteiger partial charge in [0.2, 0.25) is 0 Å². The molecule has 112 valence electrons. The maximum Gasteiger partial charge on any atom is 0.319 e. The molecule has 0 saturated carbocycles. The van der Waals surface area contributed by atoms with Crippen LogP contribution in [-0.2, 0) is 14.3 Å². The van der Waals surface area contributed by atoms with Gasteiger partial charge in [-0.1, -0.05) is 49.5 Å². The molecule has 0 aromatic carbocycles. The first-order chi connectivity index (χ1) is 8.90. The van der Waals surface area contributed by atoms with Gasteiger partial charge in [-0.25, -0.2) is 0 Å². The number of halogens is 1. The van der Waals surface area contributed by atoms with Crippen molar-refractivity contribution in [2.75, 3.05) is 6.61 Å². The lowest BCUT2D eigenvalue weighted by Gasteiger charge is -2.20. The van der Waals surface area contributed by atoms with Crippen molar-refractivity contribution in [2.24, 2.45) is 17.8 Å². The summed E-state index contributed by atoms with van der Waals surface area (Å²) in [6, 6.07) is 0. The van der Waals surface area contributed by atoms with Gasteiger partial charge in [0.25, 0.3) is 0 Å². The molecule has 2 unspecified atom stereocenters. The number of rotatable bonds is 10. The Morgan fingerprint density at radius 3 is 2.32 bits per heavy atom. The van der Waals surface area contributed by atoms with E-state index in [-0.39, 0.29) is 23.3 Å². The van der Waals surface area contributed by atoms with Crippen LogP contribution in [0, 0.1) is 17.8 Å². The van der Waals surface area contributed by atoms with Gasteiger partial charge in [0.05, 0.1) is 0 Å². The Bertz CT molecular complexity index is 266. The van der Waals surface area contributed by atoms with Gasteiger partial charge < -0.3 is 9.53 Å². The van der Waals surface area contributed by atoms with Gasteiger partial charge in [-0.2, -0.15) is 0 Å². The molecule has 0 rings (SSSR count). The molecule has 0 aromatic rings. The number of carbonyl (C=O) groups excluding carboxylic acids is 2. The van der Waals surface area contributed by atoms with E-state index in [4.69, 9.17) is 4.74 Å². The summed E-state index contributed by atoms with van der Waals surface area (Å²) in [6.07, 6.45) is 5.26. The molecule has 0 spiro atoms. The molecular weight excluding hydrogens is 308 g/mol. The second kappa shape index (κ2) is 10.4. The first-order valence-electron chi connectivity index (χ1n) is 7.16. The van der Waals surface area contributed by atoms with Gasteiger partial charge >= 0.3 is 5.97 Å². The molecule has 0 aromatic heterocycles. The fraction of sp³-hybridized carbons (Fsp3) is 0.867. The third kappa shape index (κ3) is 9.20. The largest absolute Gasteiger partial charge is 0.464 e. The van der Waals surface area contributed by atoms with Gasteiger partial charge in [-0.15, -0.1) is 0 Å². The zero-order chi connectivity index (χ0) is 14.8. The highest BCUT2D eigenvalue weighted by atomic mass is 79.9. The van der Waals surface area contributed by atoms with Gasteiger partial charge in [0.1, 0.15) is 17.7 Å². The van der Waals surface area contributed by atoms with E-state index < -0.39 is 0 Å². The van der Waals surface area contributed by atoms with Crippen LogP contribution < -0.4 is 0 Å². The second-order valence-corrected chi connectivity index (χ2v) is 6.99. The molecule has 3 nitrogen and oxygen atoms in total. The Morgan fingerprint density at radius 2 is 1.84 bits per heavy atom. The van der Waals surface area contributed by atoms with Crippen LogP contribution in [0.3, 0.4) is 0 Å². The Kier molecular flexibility index (Phi) is 10.2. The molecule has 4 atom stereocenters. The summed E-state index contributed by atoms with van der Waals surface area (Å²) in [6.45, 7) is 8.52. The Hall–Kier alpha value is -0.380. The van der Waals surface area contributed by atoms with Crippen molar-refractivity contribution < 1.29 is 14.3 Å². The van der Waals surface area contributed by atoms with Crippen molar-refractivity contribution in [2.45, 2.75) is 58.2 Å². The lowest BCUT2D eigenvalue weighted by molar-refractivity contribution is -0.144. The number of hydrogen-bond acceptors (Lipinski definition) is 3. The van der Waals surface area contributed by atoms with E-state index in [2.05, 4.69) is 36.7 Å². The van der Waals surface area contributed by atoms with E-state index in [1.165, 1.54) is 12.8 Å². The highest BCUT2D eigenvalue weighted by Gasteiger charge is 2.18. The molecule has 0 radical (unpaired) electrons. The van der Waals surface area contributed by atoms with Gasteiger partial charge in [-0.3, -0.25) is 4.79 Å². The highest BCUT2D eigenvalue weighted by molar-refractivity contribution is 9.10. The van der Waals surface area contributed by atoms with Crippen molar-refractivity contribution in [3.05, 3.63) is 0 Å². The molecule has 0 aliphatic carbocycles. The summed E-state index contributed by atoms with van der Waals surface area (Å²) < 4.78 is 5.09. The number of aldehydes is 1. The smallest absolute Gasteiger partial charge is 0.319 e. The minimum absolute atomic E-state index is 0.181. The fourth-order valence-electron chi connectivity index (χ4n) is 2.38. The van der Waals surface area contributed by atoms with Crippen LogP contribution in [0.25, 0.3) is 0 Å². The van der Waals surface area contributed by atoms with Crippen molar-refractivity contribution in [3.8, 4) is 0 Å². The van der Waals surface area contributed by atoms with Gasteiger partial charge in [-0.05, 0) is 31.6 Å². The first-order valence-corrected chi connectivity index (χ1v) is 8.08. The number of esters is 1. The molecular formula is C15H27BrO3. The van der Waals surface area contributed by atoms with Crippen LogP contribution >= 0.6 is 15.9 Å². The molecule has 4 heteroatoms. The zero-order valence-electron chi connectivity index (χ0n) is 12.5. The SMILES string of the molecule is CCC[C@H](C)C[C@H](C)CC(C=O)COC(=O)C(C)Br. The molecule has 0 amide bonds. The molecule has 0 saturated heterocycles. The predicted octanol–water partition coefficient (Wildman–Crippen LogP) is 3.98. The number of alkyl halides is 1. The van der Waals surface area contributed by atoms with E-state index in [0.29, 0.717) is 11.8 Å². The summed E-state index contributed by atoms with van der Waals surface area (Å²) in [5, 5.41) is 0. The summed E-state index contributed by atoms with van der Waals surface area (Å²) >= 11 is 3.15. The number of carbonyl (C=O) groups is 2. The minimum Gasteiger partial charge on any atom is -0.464 e. The van der Waals surface area contributed by atoms with Gasteiger partial charge in [0.15, 0.2) is 0 Å². The average Bonchev–Trinajstić information content (AvgIpc) is 2.33. The lowest BCUT2D eigenvalue weighted by atomic mass is 9.88. The Morgan fingerprint density at radius 1 is 1.21 bits per heavy atom. The van der Waals surface area contributed by atoms with Crippen molar-refractivity contribution >= 4 is 28.2 Å². The molecule has 0 bridgehead atoms. The van der Waals surface area contributed by atoms with Gasteiger partial charge in [0, 0.05) is 5.92 Å². The van der Waals surface area contributed by atoms with Crippen LogP contribution in [0.1, 0.15) is 53.4 Å². The third-order valence-corrected chi connectivity index (χ3v) is 3.62. The highest BCUT2D eigenvalue weighted by Crippen LogP contribution is 2.22. The van der Waals surface area contributed by atoms with E-state index in [1.807, 2.05) is 0 Å². The van der Waals surface area contributed by atoms with Crippen molar-refractivity contribution in [3.63, 3.8) is 0 Å². The van der Waals surface area contributed by atoms with E-state index in [1.54, 1.807) is 6.92 Å². The normalized spacial score (nSPS) is 17.3. The minimum atomic E-state index is -0.318. The third-order valence-electron chi connectivity index (χ3n) is 3.25. The monoisotopic (exact) mass is 334 g/mol. The molecule has 0 heterocycles. The zero-order valence-corrected chi connectivity index (χ0v) is 14.1. The molecule has 0 fully saturated rings. The summed E-state index contributed by atoms with van der Waals surface area (Å²) in [7, 11) is 0. The average molecular weight is 335 g/mol. The summed E-state index contributed by atoms with van der Waals surface area (Å²) in [4.78, 5) is 22.0. The fourth-order valence-corrected chi connectivity index (χ4v) is 2.51.